The minimum atomic E-state index is -1.55. The summed E-state index contributed by atoms with van der Waals surface area (Å²) >= 11 is 18.0. The third-order valence-corrected chi connectivity index (χ3v) is 24.9. The third kappa shape index (κ3) is 24.8. The van der Waals surface area contributed by atoms with Gasteiger partial charge in [-0.1, -0.05) is 68.4 Å². The highest BCUT2D eigenvalue weighted by Crippen LogP contribution is 2.44. The molecule has 0 aromatic heterocycles. The number of halogens is 10. The molecule has 4 amide bonds. The smallest absolute Gasteiger partial charge is 0.255 e. The number of amides is 4. The molecule has 0 atom stereocenters. The van der Waals surface area contributed by atoms with E-state index in [0.29, 0.717) is 75.8 Å². The number of thioether (sulfide) groups is 4. The SMILES string of the molecule is CC1(C)CCC(Sc2cc(C(=O)Nc3ccc(F)c(Cl)c3)ccc2F)CC1.Cc1cc(NC(=O)c2ccc(F)c(SC3CCC(O)CC3)c2)ccc1F.Cc1ccc(C(=O)Nc2cc(F)c(F)c(F)c2)cc1SC1CCCCC1.Cc1ccc(C(=O)Nc2ccc(F)c(Cl)c2)cc1SC1CCC(O)CC1. The van der Waals surface area contributed by atoms with E-state index in [0.717, 1.165) is 110 Å². The molecule has 8 aromatic rings. The molecule has 6 N–H and O–H groups in total. The molecule has 0 unspecified atom stereocenters. The first-order valence-corrected chi connectivity index (χ1v) is 39.2. The number of anilines is 4. The number of aliphatic hydroxyl groups excluding tert-OH is 2. The molecule has 0 saturated heterocycles. The molecule has 8 aromatic carbocycles. The van der Waals surface area contributed by atoms with Gasteiger partial charge in [0.2, 0.25) is 0 Å². The van der Waals surface area contributed by atoms with Crippen molar-refractivity contribution in [3.8, 4) is 0 Å². The summed E-state index contributed by atoms with van der Waals surface area (Å²) in [5.74, 6) is -7.78. The molecular formula is C81H84Cl2F8N4O6S4. The zero-order valence-corrected chi connectivity index (χ0v) is 63.5. The Bertz CT molecular complexity index is 4220. The maximum atomic E-state index is 14.3. The second-order valence-corrected chi connectivity index (χ2v) is 33.7. The first kappa shape index (κ1) is 82.0. The summed E-state index contributed by atoms with van der Waals surface area (Å²) in [5.41, 5.74) is 5.90. The van der Waals surface area contributed by atoms with Crippen molar-refractivity contribution < 1.29 is 64.5 Å². The zero-order chi connectivity index (χ0) is 75.6. The Morgan fingerprint density at radius 3 is 1.07 bits per heavy atom. The van der Waals surface area contributed by atoms with Gasteiger partial charge in [0.25, 0.3) is 23.6 Å². The lowest BCUT2D eigenvalue weighted by Crippen LogP contribution is -2.22. The highest BCUT2D eigenvalue weighted by molar-refractivity contribution is 8.00. The molecule has 0 radical (unpaired) electrons. The maximum absolute atomic E-state index is 14.3. The average molecular weight is 1560 g/mol. The lowest BCUT2D eigenvalue weighted by molar-refractivity contribution is 0.101. The van der Waals surface area contributed by atoms with E-state index in [1.165, 1.54) is 128 Å². The average Bonchev–Trinajstić information content (AvgIpc) is 0.841. The molecule has 12 rings (SSSR count). The Kier molecular flexibility index (Phi) is 30.2. The number of hydrogen-bond acceptors (Lipinski definition) is 10. The Morgan fingerprint density at radius 2 is 0.676 bits per heavy atom. The van der Waals surface area contributed by atoms with Gasteiger partial charge in [-0.05, 0) is 248 Å². The maximum Gasteiger partial charge on any atom is 0.255 e. The van der Waals surface area contributed by atoms with Crippen molar-refractivity contribution in [2.75, 3.05) is 21.3 Å². The molecule has 4 aliphatic rings. The summed E-state index contributed by atoms with van der Waals surface area (Å²) < 4.78 is 108. The predicted octanol–water partition coefficient (Wildman–Crippen LogP) is 23.4. The summed E-state index contributed by atoms with van der Waals surface area (Å²) in [5, 5.41) is 31.3. The van der Waals surface area contributed by atoms with Gasteiger partial charge in [0, 0.05) is 97.7 Å². The summed E-state index contributed by atoms with van der Waals surface area (Å²) in [7, 11) is 0. The summed E-state index contributed by atoms with van der Waals surface area (Å²) in [6.45, 7) is 10.2. The molecule has 0 heterocycles. The van der Waals surface area contributed by atoms with Crippen molar-refractivity contribution in [1.82, 2.24) is 0 Å². The Balaban J connectivity index is 0.000000162. The summed E-state index contributed by atoms with van der Waals surface area (Å²) in [4.78, 5) is 52.9. The standard InChI is InChI=1S/C21H22ClF2NOS.C20H21ClFNO2S.C20H20F3NOS.C20H21F2NO2S/c1-21(2)9-7-15(8-10-21)27-19-11-13(3-5-18(19)24)20(26)25-14-4-6-17(23)16(22)12-14;1-12-2-3-13(10-19(12)26-16-7-5-15(24)6-8-16)20(25)23-14-4-9-18(22)17(21)11-14;1-12-7-8-13(9-18(12)26-15-5-3-2-4-6-15)20(25)24-14-10-16(21)19(23)17(22)11-14;1-12-10-14(3-9-17(12)21)23-20(25)13-2-8-18(22)19(11-13)26-16-6-4-15(24)5-7-16/h3-6,11-12,15H,7-10H2,1-2H3,(H,25,26);2-4,9-11,15-16,24H,5-8H2,1H3,(H,23,25);7-11,15H,2-6H2,1H3,(H,24,25);2-3,8-11,15-16,24H,4-7H2,1H3,(H,23,25). The molecule has 0 bridgehead atoms. The molecule has 4 saturated carbocycles. The molecule has 558 valence electrons. The van der Waals surface area contributed by atoms with Gasteiger partial charge in [-0.25, -0.2) is 35.1 Å². The largest absolute Gasteiger partial charge is 0.393 e. The molecular weight excluding hydrogens is 1480 g/mol. The second-order valence-electron chi connectivity index (χ2n) is 27.5. The van der Waals surface area contributed by atoms with Crippen LogP contribution >= 0.6 is 70.2 Å². The van der Waals surface area contributed by atoms with E-state index >= 15 is 0 Å². The van der Waals surface area contributed by atoms with Crippen LogP contribution in [0.15, 0.2) is 159 Å². The normalized spacial score (nSPS) is 18.0. The van der Waals surface area contributed by atoms with Crippen LogP contribution in [0.2, 0.25) is 10.0 Å². The number of aliphatic hydroxyl groups is 2. The van der Waals surface area contributed by atoms with Crippen LogP contribution in [0.5, 0.6) is 0 Å². The summed E-state index contributed by atoms with van der Waals surface area (Å²) in [6.07, 6.45) is 16.7. The first-order valence-electron chi connectivity index (χ1n) is 34.9. The minimum absolute atomic E-state index is 0.0255. The molecule has 10 nitrogen and oxygen atoms in total. The fraction of sp³-hybridized carbons (Fsp3) is 0.358. The number of carbonyl (C=O) groups is 4. The van der Waals surface area contributed by atoms with Crippen LogP contribution in [-0.2, 0) is 0 Å². The van der Waals surface area contributed by atoms with Crippen molar-refractivity contribution >= 4 is 117 Å². The molecule has 4 fully saturated rings. The number of nitrogens with one attached hydrogen (secondary N) is 4. The van der Waals surface area contributed by atoms with Crippen molar-refractivity contribution in [3.05, 3.63) is 235 Å². The summed E-state index contributed by atoms with van der Waals surface area (Å²) in [6, 6.07) is 33.6. The topological polar surface area (TPSA) is 157 Å². The minimum Gasteiger partial charge on any atom is -0.393 e. The van der Waals surface area contributed by atoms with Gasteiger partial charge in [0.15, 0.2) is 17.5 Å². The Hall–Kier alpha value is -7.02. The zero-order valence-electron chi connectivity index (χ0n) is 58.7. The molecule has 105 heavy (non-hydrogen) atoms. The van der Waals surface area contributed by atoms with Gasteiger partial charge in [0.05, 0.1) is 22.3 Å². The van der Waals surface area contributed by atoms with Crippen LogP contribution in [-0.4, -0.2) is 67.0 Å². The number of carbonyl (C=O) groups excluding carboxylic acids is 4. The number of hydrogen-bond donors (Lipinski definition) is 6. The quantitative estimate of drug-likeness (QED) is 0.0407. The van der Waals surface area contributed by atoms with Crippen molar-refractivity contribution in [2.24, 2.45) is 5.41 Å². The Morgan fingerprint density at radius 1 is 0.352 bits per heavy atom. The molecule has 4 aliphatic carbocycles. The van der Waals surface area contributed by atoms with Crippen molar-refractivity contribution in [1.29, 1.82) is 0 Å². The predicted molar refractivity (Wildman–Crippen MR) is 410 cm³/mol. The van der Waals surface area contributed by atoms with Gasteiger partial charge < -0.3 is 31.5 Å². The highest BCUT2D eigenvalue weighted by atomic mass is 35.5. The monoisotopic (exact) mass is 1560 g/mol. The van der Waals surface area contributed by atoms with Gasteiger partial charge in [-0.3, -0.25) is 19.2 Å². The third-order valence-electron chi connectivity index (χ3n) is 18.6. The van der Waals surface area contributed by atoms with E-state index < -0.39 is 35.0 Å². The fourth-order valence-corrected chi connectivity index (χ4v) is 17.7. The van der Waals surface area contributed by atoms with Gasteiger partial charge in [-0.2, -0.15) is 0 Å². The van der Waals surface area contributed by atoms with Crippen LogP contribution in [0.25, 0.3) is 0 Å². The van der Waals surface area contributed by atoms with Crippen LogP contribution in [0, 0.1) is 72.7 Å². The van der Waals surface area contributed by atoms with E-state index in [1.54, 1.807) is 66.8 Å². The van der Waals surface area contributed by atoms with E-state index in [-0.39, 0.29) is 68.4 Å². The highest BCUT2D eigenvalue weighted by Gasteiger charge is 2.29. The van der Waals surface area contributed by atoms with Gasteiger partial charge in [0.1, 0.15) is 29.1 Å². The van der Waals surface area contributed by atoms with Crippen molar-refractivity contribution in [2.45, 2.75) is 197 Å². The lowest BCUT2D eigenvalue weighted by Gasteiger charge is -2.34. The number of benzene rings is 8. The molecule has 24 heteroatoms. The van der Waals surface area contributed by atoms with Crippen LogP contribution in [0.4, 0.5) is 57.9 Å². The number of aryl methyl sites for hydroxylation is 3. The molecule has 0 aliphatic heterocycles. The lowest BCUT2D eigenvalue weighted by atomic mass is 9.77. The molecule has 0 spiro atoms. The fourth-order valence-electron chi connectivity index (χ4n) is 12.2. The number of rotatable bonds is 16. The van der Waals surface area contributed by atoms with Crippen molar-refractivity contribution in [3.63, 3.8) is 0 Å². The first-order chi connectivity index (χ1) is 50.0. The van der Waals surface area contributed by atoms with E-state index in [9.17, 15) is 64.5 Å². The van der Waals surface area contributed by atoms with Gasteiger partial charge >= 0.3 is 0 Å². The second kappa shape index (κ2) is 38.7. The van der Waals surface area contributed by atoms with E-state index in [1.807, 2.05) is 32.0 Å². The van der Waals surface area contributed by atoms with Crippen LogP contribution < -0.4 is 21.3 Å². The van der Waals surface area contributed by atoms with E-state index in [4.69, 9.17) is 23.2 Å². The Labute approximate surface area is 635 Å². The van der Waals surface area contributed by atoms with Gasteiger partial charge in [-0.15, -0.1) is 47.0 Å². The van der Waals surface area contributed by atoms with Crippen LogP contribution in [0.1, 0.15) is 181 Å². The van der Waals surface area contributed by atoms with Crippen LogP contribution in [0.3, 0.4) is 0 Å². The van der Waals surface area contributed by atoms with E-state index in [2.05, 4.69) is 35.1 Å².